The standard InChI is InChI=1S/C15H16F2N6OS.C7H7Cl/c16-14(17)23-6-9(4-21-23)10-5-20-12(13-19-1-2-25-13)22-7-15(18,8-24)3-11(10)22;1-6-3-2-4-7(8)5-6/h1-2,4,6,14,24H,3,5,7-8,18H2;2-5H,1H3. The Morgan fingerprint density at radius 1 is 1.36 bits per heavy atom. The summed E-state index contributed by atoms with van der Waals surface area (Å²) >= 11 is 7.11. The zero-order valence-corrected chi connectivity index (χ0v) is 19.4. The predicted octanol–water partition coefficient (Wildman–Crippen LogP) is 3.95. The predicted molar refractivity (Wildman–Crippen MR) is 125 cm³/mol. The molecule has 7 nitrogen and oxygen atoms in total. The van der Waals surface area contributed by atoms with Gasteiger partial charge in [0.25, 0.3) is 0 Å². The fraction of sp³-hybridized carbons (Fsp3) is 0.318. The van der Waals surface area contributed by atoms with Crippen LogP contribution in [0.2, 0.25) is 5.02 Å². The highest BCUT2D eigenvalue weighted by Gasteiger charge is 2.43. The Kier molecular flexibility index (Phi) is 6.89. The van der Waals surface area contributed by atoms with Crippen molar-refractivity contribution in [1.29, 1.82) is 0 Å². The number of thiazole rings is 1. The van der Waals surface area contributed by atoms with Gasteiger partial charge in [-0.15, -0.1) is 11.3 Å². The van der Waals surface area contributed by atoms with Crippen LogP contribution in [-0.2, 0) is 0 Å². The third kappa shape index (κ3) is 5.14. The van der Waals surface area contributed by atoms with Gasteiger partial charge < -0.3 is 15.7 Å². The molecule has 0 bridgehead atoms. The fourth-order valence-electron chi connectivity index (χ4n) is 3.78. The molecule has 4 heterocycles. The number of rotatable bonds is 4. The van der Waals surface area contributed by atoms with E-state index in [0.29, 0.717) is 35.6 Å². The van der Waals surface area contributed by atoms with Crippen molar-refractivity contribution in [3.8, 4) is 0 Å². The first-order chi connectivity index (χ1) is 15.8. The average Bonchev–Trinajstić information content (AvgIpc) is 3.53. The van der Waals surface area contributed by atoms with Crippen molar-refractivity contribution in [3.05, 3.63) is 75.1 Å². The van der Waals surface area contributed by atoms with Crippen LogP contribution in [0.3, 0.4) is 0 Å². The molecule has 2 aliphatic rings. The van der Waals surface area contributed by atoms with E-state index in [-0.39, 0.29) is 6.61 Å². The minimum absolute atomic E-state index is 0.179. The molecule has 0 spiro atoms. The lowest BCUT2D eigenvalue weighted by Gasteiger charge is -2.27. The third-order valence-corrected chi connectivity index (χ3v) is 6.38. The van der Waals surface area contributed by atoms with Crippen LogP contribution in [-0.4, -0.2) is 55.8 Å². The summed E-state index contributed by atoms with van der Waals surface area (Å²) in [6.07, 6.45) is 4.85. The van der Waals surface area contributed by atoms with E-state index < -0.39 is 12.1 Å². The minimum Gasteiger partial charge on any atom is -0.394 e. The molecule has 1 saturated heterocycles. The van der Waals surface area contributed by atoms with Gasteiger partial charge in [-0.2, -0.15) is 13.9 Å². The summed E-state index contributed by atoms with van der Waals surface area (Å²) in [5.74, 6) is 0.704. The second kappa shape index (κ2) is 9.68. The molecule has 3 aromatic rings. The number of aliphatic hydroxyl groups excluding tert-OH is 1. The maximum atomic E-state index is 12.8. The first kappa shape index (κ1) is 23.5. The van der Waals surface area contributed by atoms with E-state index in [1.54, 1.807) is 6.20 Å². The Bertz CT molecular complexity index is 1160. The number of nitrogens with two attached hydrogens (primary N) is 1. The molecule has 0 radical (unpaired) electrons. The maximum Gasteiger partial charge on any atom is 0.333 e. The monoisotopic (exact) mass is 492 g/mol. The SMILES string of the molecule is Cc1cccc(Cl)c1.NC1(CO)CC2=C(c3cnn(C(F)F)c3)CN=C(c3nccs3)N2C1. The summed E-state index contributed by atoms with van der Waals surface area (Å²) in [6, 6.07) is 7.76. The van der Waals surface area contributed by atoms with E-state index in [1.165, 1.54) is 29.3 Å². The number of aliphatic hydroxyl groups is 1. The summed E-state index contributed by atoms with van der Waals surface area (Å²) in [5, 5.41) is 16.8. The molecule has 1 atom stereocenters. The Hall–Kier alpha value is -2.66. The van der Waals surface area contributed by atoms with Crippen LogP contribution in [0.4, 0.5) is 8.78 Å². The van der Waals surface area contributed by atoms with Crippen LogP contribution in [0.1, 0.15) is 29.1 Å². The van der Waals surface area contributed by atoms with E-state index in [1.807, 2.05) is 41.5 Å². The summed E-state index contributed by atoms with van der Waals surface area (Å²) in [4.78, 5) is 10.8. The van der Waals surface area contributed by atoms with E-state index in [4.69, 9.17) is 17.3 Å². The van der Waals surface area contributed by atoms with Crippen LogP contribution in [0.5, 0.6) is 0 Å². The molecule has 11 heteroatoms. The van der Waals surface area contributed by atoms with E-state index >= 15 is 0 Å². The van der Waals surface area contributed by atoms with E-state index in [9.17, 15) is 13.9 Å². The Labute approximate surface area is 198 Å². The minimum atomic E-state index is -2.69. The normalized spacial score (nSPS) is 20.0. The van der Waals surface area contributed by atoms with Gasteiger partial charge in [-0.3, -0.25) is 4.99 Å². The van der Waals surface area contributed by atoms with Gasteiger partial charge in [-0.05, 0) is 24.6 Å². The van der Waals surface area contributed by atoms with Gasteiger partial charge in [-0.1, -0.05) is 23.7 Å². The summed E-state index contributed by atoms with van der Waals surface area (Å²) in [7, 11) is 0. The first-order valence-electron chi connectivity index (χ1n) is 10.2. The van der Waals surface area contributed by atoms with Crippen molar-refractivity contribution in [3.63, 3.8) is 0 Å². The Balaban J connectivity index is 0.000000275. The van der Waals surface area contributed by atoms with Crippen LogP contribution < -0.4 is 5.73 Å². The van der Waals surface area contributed by atoms with Gasteiger partial charge in [0.2, 0.25) is 0 Å². The lowest BCUT2D eigenvalue weighted by molar-refractivity contribution is 0.0566. The maximum absolute atomic E-state index is 12.8. The smallest absolute Gasteiger partial charge is 0.333 e. The molecular weight excluding hydrogens is 470 g/mol. The zero-order chi connectivity index (χ0) is 23.6. The fourth-order valence-corrected chi connectivity index (χ4v) is 4.68. The Morgan fingerprint density at radius 3 is 2.76 bits per heavy atom. The van der Waals surface area contributed by atoms with Crippen molar-refractivity contribution in [2.45, 2.75) is 25.4 Å². The molecule has 3 N–H and O–H groups in total. The molecule has 0 amide bonds. The number of aliphatic imine (C=N–C) groups is 1. The van der Waals surface area contributed by atoms with Gasteiger partial charge in [0.05, 0.1) is 24.9 Å². The average molecular weight is 493 g/mol. The quantitative estimate of drug-likeness (QED) is 0.575. The van der Waals surface area contributed by atoms with Crippen LogP contribution in [0, 0.1) is 6.92 Å². The number of aryl methyl sites for hydroxylation is 1. The lowest BCUT2D eigenvalue weighted by Crippen LogP contribution is -2.47. The van der Waals surface area contributed by atoms with Crippen molar-refractivity contribution in [2.75, 3.05) is 19.7 Å². The summed E-state index contributed by atoms with van der Waals surface area (Å²) in [5.41, 5.74) is 8.96. The van der Waals surface area contributed by atoms with Crippen LogP contribution >= 0.6 is 22.9 Å². The lowest BCUT2D eigenvalue weighted by atomic mass is 9.97. The number of aromatic nitrogens is 3. The molecular formula is C22H23ClF2N6OS. The molecule has 1 fully saturated rings. The highest BCUT2D eigenvalue weighted by Crippen LogP contribution is 2.38. The molecule has 33 heavy (non-hydrogen) atoms. The number of halogens is 3. The van der Waals surface area contributed by atoms with Crippen molar-refractivity contribution in [1.82, 2.24) is 19.7 Å². The van der Waals surface area contributed by atoms with Gasteiger partial charge in [0.15, 0.2) is 10.8 Å². The molecule has 1 unspecified atom stereocenters. The van der Waals surface area contributed by atoms with Gasteiger partial charge >= 0.3 is 6.55 Å². The Morgan fingerprint density at radius 2 is 2.18 bits per heavy atom. The highest BCUT2D eigenvalue weighted by atomic mass is 35.5. The van der Waals surface area contributed by atoms with E-state index in [2.05, 4.69) is 15.1 Å². The van der Waals surface area contributed by atoms with Crippen LogP contribution in [0.15, 0.2) is 58.9 Å². The number of amidine groups is 1. The van der Waals surface area contributed by atoms with Crippen molar-refractivity contribution in [2.24, 2.45) is 10.7 Å². The molecule has 2 aromatic heterocycles. The third-order valence-electron chi connectivity index (χ3n) is 5.38. The number of fused-ring (bicyclic) bond motifs is 1. The number of nitrogens with zero attached hydrogens (tertiary/aromatic N) is 5. The number of hydrogen-bond acceptors (Lipinski definition) is 7. The molecule has 0 saturated carbocycles. The molecule has 2 aliphatic heterocycles. The first-order valence-corrected chi connectivity index (χ1v) is 11.4. The van der Waals surface area contributed by atoms with Gasteiger partial charge in [0, 0.05) is 52.6 Å². The van der Waals surface area contributed by atoms with E-state index in [0.717, 1.165) is 21.3 Å². The van der Waals surface area contributed by atoms with Gasteiger partial charge in [-0.25, -0.2) is 9.67 Å². The highest BCUT2D eigenvalue weighted by molar-refractivity contribution is 7.11. The van der Waals surface area contributed by atoms with Crippen molar-refractivity contribution < 1.29 is 13.9 Å². The molecule has 1 aromatic carbocycles. The second-order valence-corrected chi connectivity index (χ2v) is 9.30. The number of hydrogen-bond donors (Lipinski definition) is 2. The van der Waals surface area contributed by atoms with Crippen LogP contribution in [0.25, 0.3) is 5.57 Å². The molecule has 5 rings (SSSR count). The largest absolute Gasteiger partial charge is 0.394 e. The number of alkyl halides is 2. The number of benzene rings is 1. The summed E-state index contributed by atoms with van der Waals surface area (Å²) in [6.45, 7) is -0.128. The summed E-state index contributed by atoms with van der Waals surface area (Å²) < 4.78 is 26.3. The van der Waals surface area contributed by atoms with Crippen molar-refractivity contribution >= 4 is 34.3 Å². The topological polar surface area (TPSA) is 92.6 Å². The second-order valence-electron chi connectivity index (χ2n) is 7.97. The van der Waals surface area contributed by atoms with Gasteiger partial charge in [0.1, 0.15) is 0 Å². The zero-order valence-electron chi connectivity index (χ0n) is 17.8. The molecule has 0 aliphatic carbocycles. The molecule has 174 valence electrons.